The molecule has 0 aliphatic heterocycles. The van der Waals surface area contributed by atoms with Crippen LogP contribution in [0.5, 0.6) is 0 Å². The van der Waals surface area contributed by atoms with Crippen molar-refractivity contribution < 1.29 is 9.72 Å². The number of rotatable bonds is 7. The van der Waals surface area contributed by atoms with Gasteiger partial charge < -0.3 is 15.4 Å². The van der Waals surface area contributed by atoms with Gasteiger partial charge >= 0.3 is 5.82 Å². The Morgan fingerprint density at radius 1 is 1.48 bits per heavy atom. The summed E-state index contributed by atoms with van der Waals surface area (Å²) in [6.45, 7) is 4.87. The third kappa shape index (κ3) is 4.38. The second kappa shape index (κ2) is 7.36. The summed E-state index contributed by atoms with van der Waals surface area (Å²) in [6, 6.07) is 1.66. The molecule has 1 amide bonds. The number of aryl methyl sites for hydroxylation is 2. The van der Waals surface area contributed by atoms with Gasteiger partial charge in [0.2, 0.25) is 5.91 Å². The van der Waals surface area contributed by atoms with Crippen LogP contribution in [0.4, 0.5) is 5.82 Å². The van der Waals surface area contributed by atoms with Crippen molar-refractivity contribution in [1.82, 2.24) is 24.9 Å². The number of carbonyl (C=O) groups excluding carboxylic acids is 1. The van der Waals surface area contributed by atoms with Gasteiger partial charge in [0.25, 0.3) is 0 Å². The van der Waals surface area contributed by atoms with Gasteiger partial charge in [-0.3, -0.25) is 9.48 Å². The van der Waals surface area contributed by atoms with Crippen molar-refractivity contribution in [2.75, 3.05) is 0 Å². The molecule has 2 aromatic rings. The predicted molar refractivity (Wildman–Crippen MR) is 85.7 cm³/mol. The topological polar surface area (TPSA) is 108 Å². The predicted octanol–water partition coefficient (Wildman–Crippen LogP) is 2.04. The van der Waals surface area contributed by atoms with Crippen LogP contribution >= 0.6 is 15.9 Å². The SMILES string of the molecule is CCn1ccc(C(C)NC(=O)CCn2cc(Br)c([N+](=O)[O-])n2)n1. The van der Waals surface area contributed by atoms with Crippen molar-refractivity contribution in [3.63, 3.8) is 0 Å². The highest BCUT2D eigenvalue weighted by molar-refractivity contribution is 9.10. The van der Waals surface area contributed by atoms with E-state index < -0.39 is 4.92 Å². The van der Waals surface area contributed by atoms with Crippen LogP contribution in [-0.2, 0) is 17.9 Å². The summed E-state index contributed by atoms with van der Waals surface area (Å²) < 4.78 is 3.46. The number of nitrogens with zero attached hydrogens (tertiary/aromatic N) is 5. The summed E-state index contributed by atoms with van der Waals surface area (Å²) >= 11 is 3.07. The molecule has 2 rings (SSSR count). The van der Waals surface area contributed by atoms with Gasteiger partial charge in [-0.05, 0) is 40.8 Å². The highest BCUT2D eigenvalue weighted by Crippen LogP contribution is 2.22. The molecule has 0 saturated carbocycles. The molecule has 0 fully saturated rings. The number of hydrogen-bond donors (Lipinski definition) is 1. The fourth-order valence-electron chi connectivity index (χ4n) is 2.01. The summed E-state index contributed by atoms with van der Waals surface area (Å²) in [6.07, 6.45) is 3.51. The molecule has 0 aromatic carbocycles. The Balaban J connectivity index is 1.87. The molecule has 9 nitrogen and oxygen atoms in total. The fourth-order valence-corrected chi connectivity index (χ4v) is 2.47. The van der Waals surface area contributed by atoms with Crippen LogP contribution in [0.3, 0.4) is 0 Å². The van der Waals surface area contributed by atoms with Crippen molar-refractivity contribution in [1.29, 1.82) is 0 Å². The monoisotopic (exact) mass is 384 g/mol. The molecule has 0 radical (unpaired) electrons. The Labute approximate surface area is 140 Å². The quantitative estimate of drug-likeness (QED) is 0.580. The van der Waals surface area contributed by atoms with E-state index in [4.69, 9.17) is 0 Å². The van der Waals surface area contributed by atoms with E-state index in [2.05, 4.69) is 31.4 Å². The van der Waals surface area contributed by atoms with Gasteiger partial charge in [-0.2, -0.15) is 9.78 Å². The first-order chi connectivity index (χ1) is 10.9. The van der Waals surface area contributed by atoms with E-state index in [1.165, 1.54) is 10.9 Å². The zero-order valence-corrected chi connectivity index (χ0v) is 14.4. The lowest BCUT2D eigenvalue weighted by Gasteiger charge is -2.11. The van der Waals surface area contributed by atoms with Crippen LogP contribution in [-0.4, -0.2) is 30.4 Å². The molecule has 1 unspecified atom stereocenters. The second-order valence-corrected chi connectivity index (χ2v) is 5.81. The first kappa shape index (κ1) is 17.1. The van der Waals surface area contributed by atoms with Crippen LogP contribution in [0.15, 0.2) is 22.9 Å². The van der Waals surface area contributed by atoms with E-state index in [1.807, 2.05) is 26.1 Å². The Morgan fingerprint density at radius 2 is 2.22 bits per heavy atom. The van der Waals surface area contributed by atoms with Crippen molar-refractivity contribution in [2.45, 2.75) is 39.4 Å². The van der Waals surface area contributed by atoms with Gasteiger partial charge in [0.15, 0.2) is 0 Å². The third-order valence-corrected chi connectivity index (χ3v) is 3.81. The molecular formula is C13H17BrN6O3. The maximum atomic E-state index is 12.0. The average Bonchev–Trinajstić information content (AvgIpc) is 3.11. The van der Waals surface area contributed by atoms with Crippen LogP contribution in [0.2, 0.25) is 0 Å². The smallest absolute Gasteiger partial charge is 0.358 e. The molecule has 0 aliphatic rings. The average molecular weight is 385 g/mol. The molecule has 10 heteroatoms. The van der Waals surface area contributed by atoms with Gasteiger partial charge in [0.1, 0.15) is 4.47 Å². The minimum Gasteiger partial charge on any atom is -0.358 e. The molecule has 124 valence electrons. The first-order valence-electron chi connectivity index (χ1n) is 7.10. The summed E-state index contributed by atoms with van der Waals surface area (Å²) in [5.41, 5.74) is 0.790. The first-order valence-corrected chi connectivity index (χ1v) is 7.90. The van der Waals surface area contributed by atoms with Gasteiger partial charge in [0.05, 0.1) is 29.6 Å². The summed E-state index contributed by atoms with van der Waals surface area (Å²) in [7, 11) is 0. The van der Waals surface area contributed by atoms with Gasteiger partial charge in [-0.15, -0.1) is 0 Å². The summed E-state index contributed by atoms with van der Waals surface area (Å²) in [5, 5.41) is 21.7. The second-order valence-electron chi connectivity index (χ2n) is 4.96. The molecule has 1 atom stereocenters. The van der Waals surface area contributed by atoms with Gasteiger partial charge in [-0.1, -0.05) is 0 Å². The highest BCUT2D eigenvalue weighted by Gasteiger charge is 2.19. The lowest BCUT2D eigenvalue weighted by atomic mass is 10.2. The van der Waals surface area contributed by atoms with Crippen molar-refractivity contribution >= 4 is 27.7 Å². The van der Waals surface area contributed by atoms with E-state index in [0.717, 1.165) is 12.2 Å². The number of carbonyl (C=O) groups is 1. The largest absolute Gasteiger partial charge is 0.404 e. The standard InChI is InChI=1S/C13H17BrN6O3/c1-3-18-6-4-11(16-18)9(2)15-12(21)5-7-19-8-10(14)13(17-19)20(22)23/h4,6,8-9H,3,5,7H2,1-2H3,(H,15,21). The molecule has 0 aliphatic carbocycles. The molecule has 1 N–H and O–H groups in total. The van der Waals surface area contributed by atoms with Crippen LogP contribution in [0.25, 0.3) is 0 Å². The van der Waals surface area contributed by atoms with E-state index in [-0.39, 0.29) is 30.7 Å². The number of hydrogen-bond acceptors (Lipinski definition) is 5. The number of aromatic nitrogens is 4. The van der Waals surface area contributed by atoms with Gasteiger partial charge in [-0.25, -0.2) is 0 Å². The molecule has 0 spiro atoms. The summed E-state index contributed by atoms with van der Waals surface area (Å²) in [5.74, 6) is -0.429. The molecular weight excluding hydrogens is 368 g/mol. The Bertz CT molecular complexity index is 710. The summed E-state index contributed by atoms with van der Waals surface area (Å²) in [4.78, 5) is 22.1. The van der Waals surface area contributed by atoms with Crippen molar-refractivity contribution in [3.8, 4) is 0 Å². The molecule has 0 saturated heterocycles. The lowest BCUT2D eigenvalue weighted by molar-refractivity contribution is -0.390. The minimum atomic E-state index is -0.577. The maximum absolute atomic E-state index is 12.0. The van der Waals surface area contributed by atoms with E-state index in [0.29, 0.717) is 4.47 Å². The highest BCUT2D eigenvalue weighted by atomic mass is 79.9. The number of nitrogens with one attached hydrogen (secondary N) is 1. The zero-order chi connectivity index (χ0) is 17.0. The maximum Gasteiger partial charge on any atom is 0.404 e. The van der Waals surface area contributed by atoms with E-state index in [1.54, 1.807) is 4.68 Å². The zero-order valence-electron chi connectivity index (χ0n) is 12.8. The molecule has 2 aromatic heterocycles. The van der Waals surface area contributed by atoms with Crippen LogP contribution in [0, 0.1) is 10.1 Å². The number of halogens is 1. The molecule has 2 heterocycles. The van der Waals surface area contributed by atoms with Crippen LogP contribution < -0.4 is 5.32 Å². The normalized spacial score (nSPS) is 12.1. The molecule has 23 heavy (non-hydrogen) atoms. The van der Waals surface area contributed by atoms with Crippen LogP contribution in [0.1, 0.15) is 32.0 Å². The van der Waals surface area contributed by atoms with E-state index >= 15 is 0 Å². The Hall–Kier alpha value is -2.23. The molecule has 0 bridgehead atoms. The Morgan fingerprint density at radius 3 is 2.78 bits per heavy atom. The van der Waals surface area contributed by atoms with Crippen molar-refractivity contribution in [3.05, 3.63) is 38.7 Å². The van der Waals surface area contributed by atoms with Gasteiger partial charge in [0, 0.05) is 19.2 Å². The third-order valence-electron chi connectivity index (χ3n) is 3.25. The fraction of sp³-hybridized carbons (Fsp3) is 0.462. The minimum absolute atomic E-state index is 0.169. The lowest BCUT2D eigenvalue weighted by Crippen LogP contribution is -2.27. The number of nitro groups is 1. The number of amides is 1. The van der Waals surface area contributed by atoms with Crippen molar-refractivity contribution in [2.24, 2.45) is 0 Å². The van der Waals surface area contributed by atoms with E-state index in [9.17, 15) is 14.9 Å². The Kier molecular flexibility index (Phi) is 5.48.